The van der Waals surface area contributed by atoms with Gasteiger partial charge in [-0.1, -0.05) is 29.8 Å². The highest BCUT2D eigenvalue weighted by Crippen LogP contribution is 2.45. The van der Waals surface area contributed by atoms with Gasteiger partial charge < -0.3 is 10.2 Å². The zero-order valence-electron chi connectivity index (χ0n) is 15.8. The van der Waals surface area contributed by atoms with Gasteiger partial charge in [-0.15, -0.1) is 0 Å². The van der Waals surface area contributed by atoms with Crippen molar-refractivity contribution < 1.29 is 15.0 Å². The van der Waals surface area contributed by atoms with E-state index < -0.39 is 5.60 Å². The van der Waals surface area contributed by atoms with Gasteiger partial charge in [-0.3, -0.25) is 9.69 Å². The van der Waals surface area contributed by atoms with Crippen LogP contribution in [0.2, 0.25) is 0 Å². The number of ketones is 1. The van der Waals surface area contributed by atoms with E-state index in [1.807, 2.05) is 0 Å². The maximum atomic E-state index is 12.5. The van der Waals surface area contributed by atoms with Gasteiger partial charge in [0.1, 0.15) is 5.75 Å². The SMILES string of the molecule is Cc1ccc(CC2(O)C[C@H]3CN(CC(=O)c4ccc(O)cc4)C[C@H]3C2)cc1. The van der Waals surface area contributed by atoms with E-state index in [4.69, 9.17) is 0 Å². The number of Topliss-reactive ketones (excluding diaryl/α,β-unsaturated/α-hetero) is 1. The molecule has 4 rings (SSSR count). The van der Waals surface area contributed by atoms with Crippen LogP contribution in [0.4, 0.5) is 0 Å². The summed E-state index contributed by atoms with van der Waals surface area (Å²) < 4.78 is 0. The molecule has 2 aliphatic rings. The third-order valence-corrected chi connectivity index (χ3v) is 6.15. The van der Waals surface area contributed by atoms with Crippen LogP contribution in [-0.4, -0.2) is 46.1 Å². The van der Waals surface area contributed by atoms with E-state index in [1.54, 1.807) is 24.3 Å². The molecule has 142 valence electrons. The zero-order valence-corrected chi connectivity index (χ0v) is 15.8. The Labute approximate surface area is 160 Å². The minimum Gasteiger partial charge on any atom is -0.508 e. The molecular weight excluding hydrogens is 338 g/mol. The lowest BCUT2D eigenvalue weighted by atomic mass is 9.91. The van der Waals surface area contributed by atoms with Crippen LogP contribution < -0.4 is 0 Å². The molecule has 2 fully saturated rings. The minimum absolute atomic E-state index is 0.0879. The molecule has 1 aliphatic carbocycles. The molecule has 2 aromatic carbocycles. The number of nitrogens with zero attached hydrogens (tertiary/aromatic N) is 1. The summed E-state index contributed by atoms with van der Waals surface area (Å²) in [6.07, 6.45) is 2.34. The van der Waals surface area contributed by atoms with Gasteiger partial charge in [0.05, 0.1) is 12.1 Å². The number of aromatic hydroxyl groups is 1. The van der Waals surface area contributed by atoms with Gasteiger partial charge in [-0.05, 0) is 61.4 Å². The Bertz CT molecular complexity index is 799. The first kappa shape index (κ1) is 18.2. The lowest BCUT2D eigenvalue weighted by Crippen LogP contribution is -2.34. The number of benzene rings is 2. The number of aliphatic hydroxyl groups is 1. The quantitative estimate of drug-likeness (QED) is 0.799. The summed E-state index contributed by atoms with van der Waals surface area (Å²) in [6, 6.07) is 14.9. The highest BCUT2D eigenvalue weighted by molar-refractivity contribution is 5.97. The van der Waals surface area contributed by atoms with E-state index in [1.165, 1.54) is 11.1 Å². The molecule has 4 nitrogen and oxygen atoms in total. The molecule has 0 amide bonds. The van der Waals surface area contributed by atoms with E-state index in [0.29, 0.717) is 30.4 Å². The number of phenolic OH excluding ortho intramolecular Hbond substituents is 1. The molecule has 2 N–H and O–H groups in total. The van der Waals surface area contributed by atoms with Crippen molar-refractivity contribution in [2.45, 2.75) is 31.8 Å². The first-order valence-electron chi connectivity index (χ1n) is 9.73. The molecule has 0 radical (unpaired) electrons. The molecule has 2 aromatic rings. The summed E-state index contributed by atoms with van der Waals surface area (Å²) >= 11 is 0. The Morgan fingerprint density at radius 1 is 1.04 bits per heavy atom. The number of phenols is 1. The molecular formula is C23H27NO3. The number of hydrogen-bond acceptors (Lipinski definition) is 4. The lowest BCUT2D eigenvalue weighted by Gasteiger charge is -2.26. The predicted molar refractivity (Wildman–Crippen MR) is 105 cm³/mol. The van der Waals surface area contributed by atoms with Crippen molar-refractivity contribution in [3.63, 3.8) is 0 Å². The predicted octanol–water partition coefficient (Wildman–Crippen LogP) is 3.20. The largest absolute Gasteiger partial charge is 0.508 e. The monoisotopic (exact) mass is 365 g/mol. The van der Waals surface area contributed by atoms with Crippen LogP contribution in [0.3, 0.4) is 0 Å². The molecule has 1 saturated heterocycles. The number of aryl methyl sites for hydroxylation is 1. The van der Waals surface area contributed by atoms with Gasteiger partial charge in [0.15, 0.2) is 5.78 Å². The highest BCUT2D eigenvalue weighted by atomic mass is 16.3. The topological polar surface area (TPSA) is 60.8 Å². The number of carbonyl (C=O) groups is 1. The maximum absolute atomic E-state index is 12.5. The zero-order chi connectivity index (χ0) is 19.0. The molecule has 1 aliphatic heterocycles. The van der Waals surface area contributed by atoms with E-state index in [2.05, 4.69) is 36.1 Å². The number of likely N-dealkylation sites (tertiary alicyclic amines) is 1. The molecule has 3 atom stereocenters. The van der Waals surface area contributed by atoms with Crippen molar-refractivity contribution in [2.75, 3.05) is 19.6 Å². The van der Waals surface area contributed by atoms with Gasteiger partial charge in [0.25, 0.3) is 0 Å². The fourth-order valence-corrected chi connectivity index (χ4v) is 4.86. The minimum atomic E-state index is -0.613. The smallest absolute Gasteiger partial charge is 0.176 e. The summed E-state index contributed by atoms with van der Waals surface area (Å²) in [4.78, 5) is 14.7. The van der Waals surface area contributed by atoms with Gasteiger partial charge in [0, 0.05) is 25.1 Å². The average Bonchev–Trinajstić information content (AvgIpc) is 3.11. The van der Waals surface area contributed by atoms with Crippen LogP contribution in [0.25, 0.3) is 0 Å². The van der Waals surface area contributed by atoms with E-state index in [9.17, 15) is 15.0 Å². The Kier molecular flexibility index (Phi) is 4.79. The van der Waals surface area contributed by atoms with Crippen molar-refractivity contribution in [1.29, 1.82) is 0 Å². The van der Waals surface area contributed by atoms with E-state index in [-0.39, 0.29) is 11.5 Å². The lowest BCUT2D eigenvalue weighted by molar-refractivity contribution is 0.0355. The Hall–Kier alpha value is -2.17. The molecule has 1 unspecified atom stereocenters. The van der Waals surface area contributed by atoms with Crippen LogP contribution in [-0.2, 0) is 6.42 Å². The Morgan fingerprint density at radius 2 is 1.63 bits per heavy atom. The standard InChI is InChI=1S/C23H27NO3/c1-16-2-4-17(5-3-16)10-23(27)11-19-13-24(14-20(19)12-23)15-22(26)18-6-8-21(25)9-7-18/h2-9,19-20,25,27H,10-15H2,1H3/t19-,20+,23?. The van der Waals surface area contributed by atoms with Gasteiger partial charge >= 0.3 is 0 Å². The van der Waals surface area contributed by atoms with Crippen LogP contribution in [0.15, 0.2) is 48.5 Å². The Balaban J connectivity index is 1.33. The third kappa shape index (κ3) is 4.07. The summed E-state index contributed by atoms with van der Waals surface area (Å²) in [5.74, 6) is 1.20. The summed E-state index contributed by atoms with van der Waals surface area (Å²) in [7, 11) is 0. The van der Waals surface area contributed by atoms with Crippen molar-refractivity contribution in [3.05, 3.63) is 65.2 Å². The van der Waals surface area contributed by atoms with E-state index in [0.717, 1.165) is 25.9 Å². The highest BCUT2D eigenvalue weighted by Gasteiger charge is 2.48. The molecule has 0 bridgehead atoms. The molecule has 1 heterocycles. The second-order valence-corrected chi connectivity index (χ2v) is 8.48. The van der Waals surface area contributed by atoms with Gasteiger partial charge in [-0.2, -0.15) is 0 Å². The van der Waals surface area contributed by atoms with E-state index >= 15 is 0 Å². The van der Waals surface area contributed by atoms with Crippen molar-refractivity contribution >= 4 is 5.78 Å². The summed E-state index contributed by atoms with van der Waals surface area (Å²) in [6.45, 7) is 4.25. The number of carbonyl (C=O) groups excluding carboxylic acids is 1. The van der Waals surface area contributed by atoms with Crippen molar-refractivity contribution in [1.82, 2.24) is 4.90 Å². The molecule has 27 heavy (non-hydrogen) atoms. The summed E-state index contributed by atoms with van der Waals surface area (Å²) in [5.41, 5.74) is 2.46. The molecule has 0 spiro atoms. The Morgan fingerprint density at radius 3 is 2.22 bits per heavy atom. The molecule has 4 heteroatoms. The number of rotatable bonds is 5. The summed E-state index contributed by atoms with van der Waals surface area (Å²) in [5, 5.41) is 20.4. The number of fused-ring (bicyclic) bond motifs is 1. The first-order valence-corrected chi connectivity index (χ1v) is 9.73. The van der Waals surface area contributed by atoms with Gasteiger partial charge in [0.2, 0.25) is 0 Å². The first-order chi connectivity index (χ1) is 12.9. The van der Waals surface area contributed by atoms with Crippen LogP contribution in [0.1, 0.15) is 34.3 Å². The molecule has 1 saturated carbocycles. The second kappa shape index (κ2) is 7.10. The van der Waals surface area contributed by atoms with Crippen molar-refractivity contribution in [3.8, 4) is 5.75 Å². The van der Waals surface area contributed by atoms with Crippen molar-refractivity contribution in [2.24, 2.45) is 11.8 Å². The normalized spacial score (nSPS) is 27.6. The fraction of sp³-hybridized carbons (Fsp3) is 0.435. The second-order valence-electron chi connectivity index (χ2n) is 8.48. The average molecular weight is 365 g/mol. The molecule has 0 aromatic heterocycles. The van der Waals surface area contributed by atoms with Gasteiger partial charge in [-0.25, -0.2) is 0 Å². The maximum Gasteiger partial charge on any atom is 0.176 e. The number of hydrogen-bond donors (Lipinski definition) is 2. The fourth-order valence-electron chi connectivity index (χ4n) is 4.86. The van der Waals surface area contributed by atoms with Crippen LogP contribution >= 0.6 is 0 Å². The van der Waals surface area contributed by atoms with Crippen LogP contribution in [0, 0.1) is 18.8 Å². The third-order valence-electron chi connectivity index (χ3n) is 6.15. The van der Waals surface area contributed by atoms with Crippen LogP contribution in [0.5, 0.6) is 5.75 Å².